The monoisotopic (exact) mass is 264 g/mol. The van der Waals surface area contributed by atoms with Crippen LogP contribution in [0, 0.1) is 5.92 Å². The number of piperidine rings is 1. The van der Waals surface area contributed by atoms with Crippen molar-refractivity contribution in [1.29, 1.82) is 0 Å². The molecule has 1 fully saturated rings. The van der Waals surface area contributed by atoms with Gasteiger partial charge in [0.15, 0.2) is 0 Å². The Bertz CT molecular complexity index is 422. The van der Waals surface area contributed by atoms with Gasteiger partial charge in [0.05, 0.1) is 6.04 Å². The van der Waals surface area contributed by atoms with E-state index in [9.17, 15) is 4.79 Å². The number of anilines is 1. The highest BCUT2D eigenvalue weighted by Crippen LogP contribution is 2.21. The third kappa shape index (κ3) is 3.27. The molecule has 0 saturated carbocycles. The van der Waals surface area contributed by atoms with E-state index in [0.717, 1.165) is 30.0 Å². The first-order valence-electron chi connectivity index (χ1n) is 6.39. The van der Waals surface area contributed by atoms with Gasteiger partial charge < -0.3 is 10.6 Å². The Morgan fingerprint density at radius 1 is 1.50 bits per heavy atom. The Balaban J connectivity index is 2.01. The van der Waals surface area contributed by atoms with Crippen molar-refractivity contribution in [2.75, 3.05) is 18.1 Å². The number of rotatable bonds is 3. The first-order chi connectivity index (χ1) is 8.70. The van der Waals surface area contributed by atoms with Crippen LogP contribution in [0.2, 0.25) is 0 Å². The maximum absolute atomic E-state index is 12.2. The largest absolute Gasteiger partial charge is 0.325 e. The summed E-state index contributed by atoms with van der Waals surface area (Å²) in [6.45, 7) is 3.07. The highest BCUT2D eigenvalue weighted by molar-refractivity contribution is 7.98. The zero-order valence-electron chi connectivity index (χ0n) is 10.9. The summed E-state index contributed by atoms with van der Waals surface area (Å²) < 4.78 is 0. The van der Waals surface area contributed by atoms with Gasteiger partial charge in [-0.25, -0.2) is 0 Å². The topological polar surface area (TPSA) is 41.1 Å². The standard InChI is InChI=1S/C14H20N2OS/c1-10-5-4-8-15-13(10)14(17)16-11-6-3-7-12(9-11)18-2/h3,6-7,9-10,13,15H,4-5,8H2,1-2H3,(H,16,17). The van der Waals surface area contributed by atoms with Gasteiger partial charge in [0.1, 0.15) is 0 Å². The molecule has 0 spiro atoms. The van der Waals surface area contributed by atoms with Crippen LogP contribution in [-0.4, -0.2) is 24.7 Å². The van der Waals surface area contributed by atoms with Crippen LogP contribution < -0.4 is 10.6 Å². The Morgan fingerprint density at radius 2 is 2.33 bits per heavy atom. The molecule has 0 bridgehead atoms. The molecule has 2 atom stereocenters. The third-order valence-electron chi connectivity index (χ3n) is 3.39. The molecule has 0 aliphatic carbocycles. The quantitative estimate of drug-likeness (QED) is 0.825. The van der Waals surface area contributed by atoms with Crippen LogP contribution in [0.15, 0.2) is 29.2 Å². The third-order valence-corrected chi connectivity index (χ3v) is 4.11. The molecule has 1 aliphatic rings. The lowest BCUT2D eigenvalue weighted by Gasteiger charge is -2.28. The fourth-order valence-electron chi connectivity index (χ4n) is 2.32. The zero-order valence-corrected chi connectivity index (χ0v) is 11.7. The van der Waals surface area contributed by atoms with Crippen molar-refractivity contribution in [2.24, 2.45) is 5.92 Å². The number of carbonyl (C=O) groups excluding carboxylic acids is 1. The van der Waals surface area contributed by atoms with Crippen molar-refractivity contribution in [3.8, 4) is 0 Å². The van der Waals surface area contributed by atoms with Crippen LogP contribution in [0.1, 0.15) is 19.8 Å². The van der Waals surface area contributed by atoms with Crippen LogP contribution in [0.25, 0.3) is 0 Å². The molecule has 1 aliphatic heterocycles. The van der Waals surface area contributed by atoms with E-state index in [-0.39, 0.29) is 11.9 Å². The molecule has 1 heterocycles. The van der Waals surface area contributed by atoms with Gasteiger partial charge in [-0.3, -0.25) is 4.79 Å². The zero-order chi connectivity index (χ0) is 13.0. The number of thioether (sulfide) groups is 1. The highest BCUT2D eigenvalue weighted by Gasteiger charge is 2.27. The summed E-state index contributed by atoms with van der Waals surface area (Å²) in [7, 11) is 0. The normalized spacial score (nSPS) is 23.7. The lowest BCUT2D eigenvalue weighted by atomic mass is 9.92. The minimum Gasteiger partial charge on any atom is -0.325 e. The lowest BCUT2D eigenvalue weighted by Crippen LogP contribution is -2.48. The fraction of sp³-hybridized carbons (Fsp3) is 0.500. The molecule has 4 heteroatoms. The van der Waals surface area contributed by atoms with Crippen LogP contribution in [0.3, 0.4) is 0 Å². The smallest absolute Gasteiger partial charge is 0.241 e. The Morgan fingerprint density at radius 3 is 3.06 bits per heavy atom. The van der Waals surface area contributed by atoms with E-state index in [1.807, 2.05) is 30.5 Å². The second-order valence-electron chi connectivity index (χ2n) is 4.77. The van der Waals surface area contributed by atoms with Crippen LogP contribution in [0.4, 0.5) is 5.69 Å². The molecule has 0 aromatic heterocycles. The van der Waals surface area contributed by atoms with E-state index in [1.165, 1.54) is 0 Å². The number of hydrogen-bond donors (Lipinski definition) is 2. The van der Waals surface area contributed by atoms with Crippen molar-refractivity contribution in [2.45, 2.75) is 30.7 Å². The van der Waals surface area contributed by atoms with Crippen molar-refractivity contribution < 1.29 is 4.79 Å². The summed E-state index contributed by atoms with van der Waals surface area (Å²) in [5, 5.41) is 6.30. The molecule has 18 heavy (non-hydrogen) atoms. The van der Waals surface area contributed by atoms with Crippen LogP contribution in [-0.2, 0) is 4.79 Å². The molecule has 1 amide bonds. The predicted octanol–water partition coefficient (Wildman–Crippen LogP) is 2.74. The van der Waals surface area contributed by atoms with Gasteiger partial charge in [-0.05, 0) is 49.8 Å². The van der Waals surface area contributed by atoms with Gasteiger partial charge >= 0.3 is 0 Å². The Hall–Kier alpha value is -1.00. The van der Waals surface area contributed by atoms with Gasteiger partial charge in [0.2, 0.25) is 5.91 Å². The minimum absolute atomic E-state index is 0.0586. The number of amides is 1. The summed E-state index contributed by atoms with van der Waals surface area (Å²) >= 11 is 1.68. The molecular weight excluding hydrogens is 244 g/mol. The average molecular weight is 264 g/mol. The Labute approximate surface area is 113 Å². The van der Waals surface area contributed by atoms with E-state index in [1.54, 1.807) is 11.8 Å². The second-order valence-corrected chi connectivity index (χ2v) is 5.65. The fourth-order valence-corrected chi connectivity index (χ4v) is 2.78. The second kappa shape index (κ2) is 6.25. The van der Waals surface area contributed by atoms with Crippen molar-refractivity contribution in [3.05, 3.63) is 24.3 Å². The molecule has 0 radical (unpaired) electrons. The molecule has 1 aromatic rings. The molecule has 1 aromatic carbocycles. The van der Waals surface area contributed by atoms with Crippen molar-refractivity contribution in [3.63, 3.8) is 0 Å². The molecule has 2 rings (SSSR count). The maximum Gasteiger partial charge on any atom is 0.241 e. The summed E-state index contributed by atoms with van der Waals surface area (Å²) in [6.07, 6.45) is 4.31. The SMILES string of the molecule is CSc1cccc(NC(=O)C2NCCCC2C)c1. The van der Waals surface area contributed by atoms with E-state index in [0.29, 0.717) is 5.92 Å². The number of hydrogen-bond acceptors (Lipinski definition) is 3. The van der Waals surface area contributed by atoms with Gasteiger partial charge in [-0.15, -0.1) is 11.8 Å². The first kappa shape index (κ1) is 13.4. The van der Waals surface area contributed by atoms with Crippen molar-refractivity contribution >= 4 is 23.4 Å². The van der Waals surface area contributed by atoms with Crippen LogP contribution in [0.5, 0.6) is 0 Å². The molecule has 2 unspecified atom stereocenters. The van der Waals surface area contributed by atoms with Crippen molar-refractivity contribution in [1.82, 2.24) is 5.32 Å². The number of benzene rings is 1. The van der Waals surface area contributed by atoms with E-state index in [4.69, 9.17) is 0 Å². The van der Waals surface area contributed by atoms with Crippen LogP contribution >= 0.6 is 11.8 Å². The first-order valence-corrected chi connectivity index (χ1v) is 7.61. The lowest BCUT2D eigenvalue weighted by molar-refractivity contribution is -0.119. The Kier molecular flexibility index (Phi) is 4.66. The summed E-state index contributed by atoms with van der Waals surface area (Å²) in [5.74, 6) is 0.489. The van der Waals surface area contributed by atoms with E-state index in [2.05, 4.69) is 17.6 Å². The summed E-state index contributed by atoms with van der Waals surface area (Å²) in [4.78, 5) is 13.4. The van der Waals surface area contributed by atoms with E-state index >= 15 is 0 Å². The van der Waals surface area contributed by atoms with E-state index < -0.39 is 0 Å². The number of nitrogens with one attached hydrogen (secondary N) is 2. The van der Waals surface area contributed by atoms with Gasteiger partial charge in [0, 0.05) is 10.6 Å². The van der Waals surface area contributed by atoms with Gasteiger partial charge in [-0.1, -0.05) is 13.0 Å². The average Bonchev–Trinajstić information content (AvgIpc) is 2.39. The summed E-state index contributed by atoms with van der Waals surface area (Å²) in [5.41, 5.74) is 0.881. The van der Waals surface area contributed by atoms with Gasteiger partial charge in [-0.2, -0.15) is 0 Å². The molecule has 1 saturated heterocycles. The highest BCUT2D eigenvalue weighted by atomic mass is 32.2. The molecule has 2 N–H and O–H groups in total. The molecular formula is C14H20N2OS. The minimum atomic E-state index is -0.0586. The molecule has 98 valence electrons. The predicted molar refractivity (Wildman–Crippen MR) is 77.0 cm³/mol. The maximum atomic E-state index is 12.2. The number of carbonyl (C=O) groups is 1. The van der Waals surface area contributed by atoms with Gasteiger partial charge in [0.25, 0.3) is 0 Å². The molecule has 3 nitrogen and oxygen atoms in total. The summed E-state index contributed by atoms with van der Waals surface area (Å²) in [6, 6.07) is 7.90.